The van der Waals surface area contributed by atoms with Gasteiger partial charge in [-0.3, -0.25) is 0 Å². The summed E-state index contributed by atoms with van der Waals surface area (Å²) in [5.41, 5.74) is 32.4. The Morgan fingerprint density at radius 3 is 0.746 bits per heavy atom. The van der Waals surface area contributed by atoms with Crippen molar-refractivity contribution in [3.05, 3.63) is 449 Å². The maximum atomic E-state index is 5.32. The second-order valence-corrected chi connectivity index (χ2v) is 32.3. The van der Waals surface area contributed by atoms with Gasteiger partial charge in [0.15, 0.2) is 11.6 Å². The molecule has 0 aliphatic carbocycles. The second-order valence-electron chi connectivity index (χ2n) is 30.3. The molecule has 122 heavy (non-hydrogen) atoms. The van der Waals surface area contributed by atoms with E-state index in [0.29, 0.717) is 11.6 Å². The lowest BCUT2D eigenvalue weighted by Crippen LogP contribution is -1.96. The molecule has 0 N–H and O–H groups in total. The Morgan fingerprint density at radius 2 is 0.393 bits per heavy atom. The number of hydrogen-bond donors (Lipinski definition) is 0. The molecule has 572 valence electrons. The molecule has 22 rings (SSSR count). The smallest absolute Gasteiger partial charge is 0.160 e. The molecule has 0 aliphatic rings. The van der Waals surface area contributed by atoms with Gasteiger partial charge in [-0.2, -0.15) is 0 Å². The number of nitrogens with zero attached hydrogens (tertiary/aromatic N) is 6. The summed E-state index contributed by atoms with van der Waals surface area (Å²) in [7, 11) is 0. The van der Waals surface area contributed by atoms with Crippen LogP contribution in [0.1, 0.15) is 0 Å². The van der Waals surface area contributed by atoms with Gasteiger partial charge >= 0.3 is 0 Å². The Hall–Kier alpha value is -15.6. The average molecular weight is 1590 g/mol. The van der Waals surface area contributed by atoms with Crippen molar-refractivity contribution in [1.82, 2.24) is 29.9 Å². The van der Waals surface area contributed by atoms with E-state index >= 15 is 0 Å². The van der Waals surface area contributed by atoms with E-state index in [0.717, 1.165) is 123 Å². The van der Waals surface area contributed by atoms with Gasteiger partial charge in [-0.1, -0.05) is 406 Å². The molecule has 0 saturated carbocycles. The van der Waals surface area contributed by atoms with E-state index in [4.69, 9.17) is 29.9 Å². The molecular weight excluding hydrogens is 1520 g/mol. The molecule has 6 nitrogen and oxygen atoms in total. The van der Waals surface area contributed by atoms with Crippen LogP contribution < -0.4 is 0 Å². The van der Waals surface area contributed by atoms with Gasteiger partial charge in [0, 0.05) is 86.9 Å². The van der Waals surface area contributed by atoms with Gasteiger partial charge in [-0.25, -0.2) is 29.9 Å². The fraction of sp³-hybridized carbons (Fsp3) is 0. The van der Waals surface area contributed by atoms with Crippen molar-refractivity contribution in [1.29, 1.82) is 0 Å². The van der Waals surface area contributed by atoms with Crippen LogP contribution >= 0.6 is 22.7 Å². The first-order chi connectivity index (χ1) is 60.5. The Morgan fingerprint density at radius 1 is 0.156 bits per heavy atom. The molecule has 0 radical (unpaired) electrons. The number of hydrogen-bond acceptors (Lipinski definition) is 8. The van der Waals surface area contributed by atoms with Crippen LogP contribution in [0.25, 0.3) is 220 Å². The maximum absolute atomic E-state index is 5.32. The fourth-order valence-corrected chi connectivity index (χ4v) is 19.3. The van der Waals surface area contributed by atoms with Crippen LogP contribution in [0.5, 0.6) is 0 Å². The number of fused-ring (bicyclic) bond motifs is 6. The van der Waals surface area contributed by atoms with Crippen molar-refractivity contribution < 1.29 is 0 Å². The Balaban J connectivity index is 0.000000150. The van der Waals surface area contributed by atoms with Gasteiger partial charge in [0.2, 0.25) is 0 Å². The van der Waals surface area contributed by atoms with Crippen molar-refractivity contribution in [2.24, 2.45) is 0 Å². The summed E-state index contributed by atoms with van der Waals surface area (Å²) in [6.07, 6.45) is 0. The first kappa shape index (κ1) is 74.0. The molecule has 16 aromatic carbocycles. The van der Waals surface area contributed by atoms with E-state index in [1.165, 1.54) is 85.6 Å². The van der Waals surface area contributed by atoms with Crippen LogP contribution in [-0.2, 0) is 0 Å². The van der Waals surface area contributed by atoms with Gasteiger partial charge in [0.25, 0.3) is 0 Å². The SMILES string of the molecule is c1ccc(-c2cccc(-c3c(-c4ccc(-c5ccc(-c6cc(-c7ccccc7)nc(-c7ccccc7)n6)cc5)cc4)sc4c(-c5ccccc5)nc5ccccc5c34)c2)cc1.c1ccc(-c2cccc(-c3cc(-c4ccc(-c5sc6c(-c7ccccc7)nc7ccccc7c6c5-c5cccc(-c6ccccc6)c5)cc4)nc(-c4ccccc4)n3)c2)cc1. The fourth-order valence-electron chi connectivity index (χ4n) is 16.6. The molecule has 6 heterocycles. The zero-order chi connectivity index (χ0) is 81.1. The lowest BCUT2D eigenvalue weighted by atomic mass is 9.93. The van der Waals surface area contributed by atoms with Crippen molar-refractivity contribution in [2.45, 2.75) is 0 Å². The Kier molecular flexibility index (Phi) is 20.1. The van der Waals surface area contributed by atoms with Gasteiger partial charge < -0.3 is 0 Å². The van der Waals surface area contributed by atoms with Crippen LogP contribution in [0, 0.1) is 0 Å². The average Bonchev–Trinajstić information content (AvgIpc) is 1.57. The van der Waals surface area contributed by atoms with E-state index in [1.54, 1.807) is 0 Å². The van der Waals surface area contributed by atoms with Crippen LogP contribution in [0.2, 0.25) is 0 Å². The summed E-state index contributed by atoms with van der Waals surface area (Å²) < 4.78 is 2.37. The molecule has 0 saturated heterocycles. The van der Waals surface area contributed by atoms with Crippen molar-refractivity contribution in [3.8, 4) is 178 Å². The van der Waals surface area contributed by atoms with Crippen LogP contribution in [0.15, 0.2) is 449 Å². The topological polar surface area (TPSA) is 77.3 Å². The van der Waals surface area contributed by atoms with Crippen LogP contribution in [0.4, 0.5) is 0 Å². The summed E-state index contributed by atoms with van der Waals surface area (Å²) in [6.45, 7) is 0. The summed E-state index contributed by atoms with van der Waals surface area (Å²) in [5.74, 6) is 1.41. The summed E-state index contributed by atoms with van der Waals surface area (Å²) in [4.78, 5) is 33.4. The largest absolute Gasteiger partial charge is 0.246 e. The third kappa shape index (κ3) is 14.8. The monoisotopic (exact) mass is 1590 g/mol. The number of para-hydroxylation sites is 2. The number of aromatic nitrogens is 6. The predicted molar refractivity (Wildman–Crippen MR) is 512 cm³/mol. The molecular formula is C114H74N6S2. The predicted octanol–water partition coefficient (Wildman–Crippen LogP) is 31.2. The highest BCUT2D eigenvalue weighted by atomic mass is 32.1. The molecule has 8 heteroatoms. The van der Waals surface area contributed by atoms with Crippen molar-refractivity contribution in [3.63, 3.8) is 0 Å². The second kappa shape index (κ2) is 33.1. The number of rotatable bonds is 16. The molecule has 0 unspecified atom stereocenters. The quantitative estimate of drug-likeness (QED) is 0.0959. The van der Waals surface area contributed by atoms with Gasteiger partial charge in [0.05, 0.1) is 54.6 Å². The Bertz CT molecular complexity index is 7480. The minimum absolute atomic E-state index is 0.695. The summed E-state index contributed by atoms with van der Waals surface area (Å²) in [6, 6.07) is 158. The van der Waals surface area contributed by atoms with E-state index < -0.39 is 0 Å². The first-order valence-corrected chi connectivity index (χ1v) is 42.7. The number of pyridine rings is 2. The number of thiophene rings is 2. The normalized spacial score (nSPS) is 11.3. The summed E-state index contributed by atoms with van der Waals surface area (Å²) in [5, 5.41) is 4.77. The standard InChI is InChI=1S/2C57H37N3S/c1-5-17-38(18-6-1)44-25-15-27-46(35-44)51-37-50(59-57(60-51)43-23-11-4-12-24-43)40-31-33-42(34-32-40)55-52(47-28-16-26-45(36-47)39-19-7-2-8-20-39)53-48-29-13-14-30-49(48)58-54(56(53)61-55)41-21-9-3-10-22-41;1-5-16-38(17-6-1)46-24-15-25-47(36-46)52-53-48-26-13-14-27-49(48)58-54(43-20-9-3-10-21-43)56(53)61-55(52)44-34-30-40(31-35-44)39-28-32-42(33-29-39)51-37-50(41-18-7-2-8-19-41)59-57(60-51)45-22-11-4-12-23-45/h2*1-37H. The minimum atomic E-state index is 0.695. The van der Waals surface area contributed by atoms with E-state index in [1.807, 2.05) is 83.3 Å². The third-order valence-electron chi connectivity index (χ3n) is 22.6. The van der Waals surface area contributed by atoms with Gasteiger partial charge in [0.1, 0.15) is 0 Å². The molecule has 0 amide bonds. The van der Waals surface area contributed by atoms with Crippen molar-refractivity contribution in [2.75, 3.05) is 0 Å². The van der Waals surface area contributed by atoms with Crippen molar-refractivity contribution >= 4 is 64.7 Å². The van der Waals surface area contributed by atoms with Crippen LogP contribution in [0.3, 0.4) is 0 Å². The molecule has 0 fully saturated rings. The zero-order valence-corrected chi connectivity index (χ0v) is 67.9. The van der Waals surface area contributed by atoms with Gasteiger partial charge in [-0.15, -0.1) is 22.7 Å². The number of benzene rings is 16. The van der Waals surface area contributed by atoms with Crippen LogP contribution in [-0.4, -0.2) is 29.9 Å². The zero-order valence-electron chi connectivity index (χ0n) is 66.2. The summed E-state index contributed by atoms with van der Waals surface area (Å²) >= 11 is 3.66. The third-order valence-corrected chi connectivity index (χ3v) is 25.1. The molecule has 6 aromatic heterocycles. The van der Waals surface area contributed by atoms with E-state index in [2.05, 4.69) is 388 Å². The molecule has 22 aromatic rings. The molecule has 0 bridgehead atoms. The Labute approximate surface area is 716 Å². The maximum Gasteiger partial charge on any atom is 0.160 e. The van der Waals surface area contributed by atoms with Gasteiger partial charge in [-0.05, 0) is 109 Å². The van der Waals surface area contributed by atoms with E-state index in [-0.39, 0.29) is 0 Å². The first-order valence-electron chi connectivity index (χ1n) is 41.0. The minimum Gasteiger partial charge on any atom is -0.246 e. The lowest BCUT2D eigenvalue weighted by molar-refractivity contribution is 1.18. The molecule has 0 aliphatic heterocycles. The highest BCUT2D eigenvalue weighted by Gasteiger charge is 2.26. The molecule has 0 atom stereocenters. The molecule has 0 spiro atoms. The highest BCUT2D eigenvalue weighted by molar-refractivity contribution is 7.24. The highest BCUT2D eigenvalue weighted by Crippen LogP contribution is 2.53. The van der Waals surface area contributed by atoms with E-state index in [9.17, 15) is 0 Å². The lowest BCUT2D eigenvalue weighted by Gasteiger charge is -2.12.